The largest absolute Gasteiger partial charge is 0.493 e. The molecule has 138 valence electrons. The van der Waals surface area contributed by atoms with Gasteiger partial charge in [0.1, 0.15) is 0 Å². The predicted octanol–water partition coefficient (Wildman–Crippen LogP) is 3.84. The number of methoxy groups -OCH3 is 1. The fraction of sp³-hybridized carbons (Fsp3) is 0.350. The van der Waals surface area contributed by atoms with Gasteiger partial charge in [-0.2, -0.15) is 0 Å². The minimum Gasteiger partial charge on any atom is -0.493 e. The van der Waals surface area contributed by atoms with Gasteiger partial charge in [0.2, 0.25) is 6.10 Å². The number of para-hydroxylation sites is 2. The molecule has 2 unspecified atom stereocenters. The SMILES string of the molecule is CCCCOc1cc(C2Oc3ccccc3OC2C(=O)O)ccc1OC. The number of fused-ring (bicyclic) bond motifs is 1. The van der Waals surface area contributed by atoms with E-state index in [1.165, 1.54) is 0 Å². The Hall–Kier alpha value is -2.89. The number of ether oxygens (including phenoxy) is 4. The van der Waals surface area contributed by atoms with Crippen LogP contribution in [-0.4, -0.2) is 30.9 Å². The molecule has 1 aliphatic heterocycles. The third-order valence-corrected chi connectivity index (χ3v) is 4.15. The van der Waals surface area contributed by atoms with Gasteiger partial charge in [-0.3, -0.25) is 0 Å². The third-order valence-electron chi connectivity index (χ3n) is 4.15. The number of benzene rings is 2. The van der Waals surface area contributed by atoms with Crippen LogP contribution in [-0.2, 0) is 4.79 Å². The number of hydrogen-bond acceptors (Lipinski definition) is 5. The highest BCUT2D eigenvalue weighted by molar-refractivity contribution is 5.75. The summed E-state index contributed by atoms with van der Waals surface area (Å²) in [6.07, 6.45) is -0.00954. The number of carboxylic acids is 1. The van der Waals surface area contributed by atoms with Gasteiger partial charge in [-0.25, -0.2) is 4.79 Å². The Bertz CT molecular complexity index is 773. The molecule has 3 rings (SSSR count). The van der Waals surface area contributed by atoms with E-state index in [1.54, 1.807) is 43.5 Å². The molecule has 0 radical (unpaired) electrons. The Morgan fingerprint density at radius 2 is 1.85 bits per heavy atom. The van der Waals surface area contributed by atoms with E-state index in [4.69, 9.17) is 18.9 Å². The van der Waals surface area contributed by atoms with Crippen LogP contribution < -0.4 is 18.9 Å². The molecule has 2 aromatic carbocycles. The summed E-state index contributed by atoms with van der Waals surface area (Å²) in [7, 11) is 1.57. The van der Waals surface area contributed by atoms with Crippen molar-refractivity contribution in [3.63, 3.8) is 0 Å². The Morgan fingerprint density at radius 3 is 2.50 bits per heavy atom. The molecule has 1 aliphatic rings. The third kappa shape index (κ3) is 3.69. The highest BCUT2D eigenvalue weighted by Gasteiger charge is 2.38. The highest BCUT2D eigenvalue weighted by atomic mass is 16.6. The van der Waals surface area contributed by atoms with Crippen molar-refractivity contribution in [3.05, 3.63) is 48.0 Å². The van der Waals surface area contributed by atoms with Crippen molar-refractivity contribution < 1.29 is 28.8 Å². The van der Waals surface area contributed by atoms with Crippen LogP contribution >= 0.6 is 0 Å². The summed E-state index contributed by atoms with van der Waals surface area (Å²) in [6, 6.07) is 12.3. The lowest BCUT2D eigenvalue weighted by atomic mass is 10.0. The first kappa shape index (κ1) is 17.9. The molecule has 2 aromatic rings. The maximum absolute atomic E-state index is 11.7. The fourth-order valence-electron chi connectivity index (χ4n) is 2.77. The minimum atomic E-state index is -1.15. The first-order chi connectivity index (χ1) is 12.6. The van der Waals surface area contributed by atoms with Crippen molar-refractivity contribution in [2.45, 2.75) is 32.0 Å². The maximum atomic E-state index is 11.7. The van der Waals surface area contributed by atoms with E-state index < -0.39 is 18.2 Å². The van der Waals surface area contributed by atoms with Gasteiger partial charge in [0, 0.05) is 5.56 Å². The quantitative estimate of drug-likeness (QED) is 0.758. The Balaban J connectivity index is 1.93. The zero-order valence-electron chi connectivity index (χ0n) is 14.8. The summed E-state index contributed by atoms with van der Waals surface area (Å²) in [6.45, 7) is 2.64. The predicted molar refractivity (Wildman–Crippen MR) is 95.3 cm³/mol. The lowest BCUT2D eigenvalue weighted by molar-refractivity contribution is -0.151. The van der Waals surface area contributed by atoms with Gasteiger partial charge < -0.3 is 24.1 Å². The molecule has 1 heterocycles. The molecular formula is C20H22O6. The van der Waals surface area contributed by atoms with E-state index in [1.807, 2.05) is 6.07 Å². The standard InChI is InChI=1S/C20H22O6/c1-3-4-11-24-17-12-13(9-10-14(17)23-2)18-19(20(21)22)26-16-8-6-5-7-15(16)25-18/h5-10,12,18-19H,3-4,11H2,1-2H3,(H,21,22). The molecule has 0 saturated carbocycles. The summed E-state index contributed by atoms with van der Waals surface area (Å²) in [5, 5.41) is 9.58. The Morgan fingerprint density at radius 1 is 1.12 bits per heavy atom. The van der Waals surface area contributed by atoms with Crippen LogP contribution in [0, 0.1) is 0 Å². The van der Waals surface area contributed by atoms with E-state index >= 15 is 0 Å². The second-order valence-corrected chi connectivity index (χ2v) is 5.97. The summed E-state index contributed by atoms with van der Waals surface area (Å²) in [4.78, 5) is 11.7. The van der Waals surface area contributed by atoms with E-state index in [9.17, 15) is 9.90 Å². The average molecular weight is 358 g/mol. The number of unbranched alkanes of at least 4 members (excludes halogenated alkanes) is 1. The number of hydrogen-bond donors (Lipinski definition) is 1. The lowest BCUT2D eigenvalue weighted by Crippen LogP contribution is -2.39. The van der Waals surface area contributed by atoms with Crippen LogP contribution in [0.3, 0.4) is 0 Å². The number of carboxylic acid groups (broad SMARTS) is 1. The fourth-order valence-corrected chi connectivity index (χ4v) is 2.77. The zero-order chi connectivity index (χ0) is 18.5. The number of rotatable bonds is 7. The van der Waals surface area contributed by atoms with E-state index in [0.717, 1.165) is 12.8 Å². The Labute approximate surface area is 152 Å². The van der Waals surface area contributed by atoms with Crippen molar-refractivity contribution in [1.29, 1.82) is 0 Å². The molecule has 6 nitrogen and oxygen atoms in total. The molecular weight excluding hydrogens is 336 g/mol. The topological polar surface area (TPSA) is 74.2 Å². The van der Waals surface area contributed by atoms with Crippen molar-refractivity contribution in [3.8, 4) is 23.0 Å². The van der Waals surface area contributed by atoms with E-state index in [-0.39, 0.29) is 0 Å². The van der Waals surface area contributed by atoms with Gasteiger partial charge in [-0.1, -0.05) is 31.5 Å². The molecule has 0 aromatic heterocycles. The van der Waals surface area contributed by atoms with Crippen LogP contribution in [0.25, 0.3) is 0 Å². The molecule has 6 heteroatoms. The molecule has 0 bridgehead atoms. The van der Waals surface area contributed by atoms with Gasteiger partial charge in [-0.05, 0) is 30.7 Å². The summed E-state index contributed by atoms with van der Waals surface area (Å²) < 4.78 is 22.7. The maximum Gasteiger partial charge on any atom is 0.349 e. The second kappa shape index (κ2) is 7.99. The number of aliphatic carboxylic acids is 1. The molecule has 0 saturated heterocycles. The van der Waals surface area contributed by atoms with Gasteiger partial charge in [-0.15, -0.1) is 0 Å². The summed E-state index contributed by atoms with van der Waals surface area (Å²) in [5.41, 5.74) is 0.652. The van der Waals surface area contributed by atoms with Crippen molar-refractivity contribution in [1.82, 2.24) is 0 Å². The van der Waals surface area contributed by atoms with E-state index in [2.05, 4.69) is 6.92 Å². The van der Waals surface area contributed by atoms with Crippen LogP contribution in [0.1, 0.15) is 31.4 Å². The van der Waals surface area contributed by atoms with Gasteiger partial charge in [0.15, 0.2) is 29.1 Å². The minimum absolute atomic E-state index is 0.420. The molecule has 0 amide bonds. The average Bonchev–Trinajstić information content (AvgIpc) is 2.67. The van der Waals surface area contributed by atoms with Gasteiger partial charge >= 0.3 is 5.97 Å². The van der Waals surface area contributed by atoms with Crippen molar-refractivity contribution in [2.24, 2.45) is 0 Å². The zero-order valence-corrected chi connectivity index (χ0v) is 14.8. The first-order valence-electron chi connectivity index (χ1n) is 8.60. The molecule has 1 N–H and O–H groups in total. The second-order valence-electron chi connectivity index (χ2n) is 5.97. The lowest BCUT2D eigenvalue weighted by Gasteiger charge is -2.32. The monoisotopic (exact) mass is 358 g/mol. The number of carbonyl (C=O) groups is 1. The smallest absolute Gasteiger partial charge is 0.349 e. The van der Waals surface area contributed by atoms with Gasteiger partial charge in [0.25, 0.3) is 0 Å². The van der Waals surface area contributed by atoms with E-state index in [0.29, 0.717) is 35.2 Å². The van der Waals surface area contributed by atoms with Crippen molar-refractivity contribution in [2.75, 3.05) is 13.7 Å². The molecule has 26 heavy (non-hydrogen) atoms. The summed E-state index contributed by atoms with van der Waals surface area (Å²) in [5.74, 6) is 0.996. The molecule has 0 aliphatic carbocycles. The highest BCUT2D eigenvalue weighted by Crippen LogP contribution is 2.41. The molecule has 2 atom stereocenters. The van der Waals surface area contributed by atoms with Crippen LogP contribution in [0.15, 0.2) is 42.5 Å². The normalized spacial score (nSPS) is 18.2. The molecule has 0 fully saturated rings. The van der Waals surface area contributed by atoms with Crippen LogP contribution in [0.4, 0.5) is 0 Å². The van der Waals surface area contributed by atoms with Crippen molar-refractivity contribution >= 4 is 5.97 Å². The Kier molecular flexibility index (Phi) is 5.51. The van der Waals surface area contributed by atoms with Gasteiger partial charge in [0.05, 0.1) is 13.7 Å². The van der Waals surface area contributed by atoms with Crippen LogP contribution in [0.2, 0.25) is 0 Å². The molecule has 0 spiro atoms. The first-order valence-corrected chi connectivity index (χ1v) is 8.60. The van der Waals surface area contributed by atoms with Crippen LogP contribution in [0.5, 0.6) is 23.0 Å². The summed E-state index contributed by atoms with van der Waals surface area (Å²) >= 11 is 0.